The number of amides is 1. The maximum Gasteiger partial charge on any atom is 0.251 e. The molecule has 1 atom stereocenters. The Morgan fingerprint density at radius 2 is 1.89 bits per heavy atom. The second-order valence-electron chi connectivity index (χ2n) is 6.71. The molecule has 0 spiro atoms. The number of rotatable bonds is 6. The first-order chi connectivity index (χ1) is 13.4. The molecular formula is C20H23ClN5OS+. The first-order valence-electron chi connectivity index (χ1n) is 8.91. The SMILES string of the molecule is CNC(=O)c1ccc(C[NH+](C)Cn2nc(-c3ccccc3Cl)n(C)c2=S)cc1. The van der Waals surface area contributed by atoms with E-state index in [9.17, 15) is 4.79 Å². The van der Waals surface area contributed by atoms with Gasteiger partial charge in [-0.05, 0) is 36.5 Å². The molecule has 1 unspecified atom stereocenters. The minimum Gasteiger partial charge on any atom is -0.355 e. The summed E-state index contributed by atoms with van der Waals surface area (Å²) in [6, 6.07) is 15.2. The Morgan fingerprint density at radius 3 is 2.54 bits per heavy atom. The zero-order valence-corrected chi connectivity index (χ0v) is 17.6. The summed E-state index contributed by atoms with van der Waals surface area (Å²) in [5.74, 6) is 0.664. The van der Waals surface area contributed by atoms with E-state index in [0.29, 0.717) is 22.0 Å². The van der Waals surface area contributed by atoms with Gasteiger partial charge in [0.2, 0.25) is 4.77 Å². The van der Waals surface area contributed by atoms with Crippen LogP contribution in [0.4, 0.5) is 0 Å². The molecule has 6 nitrogen and oxygen atoms in total. The summed E-state index contributed by atoms with van der Waals surface area (Å²) >= 11 is 11.9. The Hall–Kier alpha value is -2.48. The Bertz CT molecular complexity index is 1040. The van der Waals surface area contributed by atoms with Crippen LogP contribution in [-0.2, 0) is 20.3 Å². The molecule has 0 aliphatic carbocycles. The van der Waals surface area contributed by atoms with Gasteiger partial charge in [0.15, 0.2) is 12.5 Å². The third-order valence-corrected chi connectivity index (χ3v) is 5.34. The Morgan fingerprint density at radius 1 is 1.21 bits per heavy atom. The van der Waals surface area contributed by atoms with Crippen molar-refractivity contribution < 1.29 is 9.69 Å². The Balaban J connectivity index is 1.75. The Kier molecular flexibility index (Phi) is 6.28. The van der Waals surface area contributed by atoms with Gasteiger partial charge in [0.1, 0.15) is 6.54 Å². The minimum absolute atomic E-state index is 0.0841. The summed E-state index contributed by atoms with van der Waals surface area (Å²) in [5.41, 5.74) is 2.65. The minimum atomic E-state index is -0.0841. The summed E-state index contributed by atoms with van der Waals surface area (Å²) in [6.07, 6.45) is 0. The van der Waals surface area contributed by atoms with Gasteiger partial charge in [-0.2, -0.15) is 4.68 Å². The smallest absolute Gasteiger partial charge is 0.251 e. The van der Waals surface area contributed by atoms with E-state index in [1.165, 1.54) is 4.90 Å². The summed E-state index contributed by atoms with van der Waals surface area (Å²) < 4.78 is 4.34. The van der Waals surface area contributed by atoms with Gasteiger partial charge in [-0.25, -0.2) is 0 Å². The van der Waals surface area contributed by atoms with Crippen LogP contribution in [0.15, 0.2) is 48.5 Å². The van der Waals surface area contributed by atoms with E-state index in [1.54, 1.807) is 7.05 Å². The van der Waals surface area contributed by atoms with Crippen molar-refractivity contribution >= 4 is 29.7 Å². The second kappa shape index (κ2) is 8.68. The number of hydrogen-bond acceptors (Lipinski definition) is 3. The molecule has 0 aliphatic heterocycles. The van der Waals surface area contributed by atoms with Gasteiger partial charge in [0.25, 0.3) is 5.91 Å². The molecule has 8 heteroatoms. The lowest BCUT2D eigenvalue weighted by Gasteiger charge is -2.14. The quantitative estimate of drug-likeness (QED) is 0.606. The van der Waals surface area contributed by atoms with Crippen molar-refractivity contribution in [3.8, 4) is 11.4 Å². The third-order valence-electron chi connectivity index (χ3n) is 4.52. The molecular weight excluding hydrogens is 394 g/mol. The van der Waals surface area contributed by atoms with Crippen LogP contribution >= 0.6 is 23.8 Å². The molecule has 0 saturated heterocycles. The van der Waals surface area contributed by atoms with Crippen LogP contribution in [0.1, 0.15) is 15.9 Å². The molecule has 0 saturated carbocycles. The van der Waals surface area contributed by atoms with Crippen LogP contribution in [0.3, 0.4) is 0 Å². The summed E-state index contributed by atoms with van der Waals surface area (Å²) in [6.45, 7) is 1.40. The maximum absolute atomic E-state index is 11.6. The molecule has 146 valence electrons. The van der Waals surface area contributed by atoms with Crippen LogP contribution in [0, 0.1) is 4.77 Å². The normalized spacial score (nSPS) is 12.0. The third kappa shape index (κ3) is 4.32. The number of nitrogens with one attached hydrogen (secondary N) is 2. The highest BCUT2D eigenvalue weighted by atomic mass is 35.5. The zero-order valence-electron chi connectivity index (χ0n) is 16.1. The molecule has 0 fully saturated rings. The van der Waals surface area contributed by atoms with Crippen LogP contribution in [-0.4, -0.2) is 34.4 Å². The zero-order chi connectivity index (χ0) is 20.3. The lowest BCUT2D eigenvalue weighted by molar-refractivity contribution is -0.917. The molecule has 1 amide bonds. The molecule has 3 aromatic rings. The van der Waals surface area contributed by atoms with Gasteiger partial charge in [0, 0.05) is 30.8 Å². The topological polar surface area (TPSA) is 56.3 Å². The van der Waals surface area contributed by atoms with E-state index < -0.39 is 0 Å². The summed E-state index contributed by atoms with van der Waals surface area (Å²) in [4.78, 5) is 12.9. The first kappa shape index (κ1) is 20.3. The number of hydrogen-bond donors (Lipinski definition) is 2. The lowest BCUT2D eigenvalue weighted by atomic mass is 10.1. The number of aromatic nitrogens is 3. The average molecular weight is 417 g/mol. The van der Waals surface area contributed by atoms with Gasteiger partial charge < -0.3 is 14.8 Å². The van der Waals surface area contributed by atoms with Gasteiger partial charge in [-0.15, -0.1) is 5.10 Å². The lowest BCUT2D eigenvalue weighted by Crippen LogP contribution is -3.07. The molecule has 2 aromatic carbocycles. The molecule has 3 rings (SSSR count). The molecule has 0 bridgehead atoms. The fraction of sp³-hybridized carbons (Fsp3) is 0.250. The molecule has 1 aromatic heterocycles. The van der Waals surface area contributed by atoms with Crippen molar-refractivity contribution in [3.63, 3.8) is 0 Å². The van der Waals surface area contributed by atoms with Crippen LogP contribution in [0.2, 0.25) is 5.02 Å². The maximum atomic E-state index is 11.6. The van der Waals surface area contributed by atoms with Crippen molar-refractivity contribution in [2.24, 2.45) is 7.05 Å². The fourth-order valence-electron chi connectivity index (χ4n) is 3.05. The second-order valence-corrected chi connectivity index (χ2v) is 7.48. The van der Waals surface area contributed by atoms with Crippen LogP contribution in [0.5, 0.6) is 0 Å². The highest BCUT2D eigenvalue weighted by Gasteiger charge is 2.15. The van der Waals surface area contributed by atoms with E-state index in [0.717, 1.165) is 23.5 Å². The molecule has 28 heavy (non-hydrogen) atoms. The van der Waals surface area contributed by atoms with Crippen LogP contribution < -0.4 is 10.2 Å². The number of nitrogens with zero attached hydrogens (tertiary/aromatic N) is 3. The first-order valence-corrected chi connectivity index (χ1v) is 9.70. The van der Waals surface area contributed by atoms with E-state index in [4.69, 9.17) is 23.8 Å². The monoisotopic (exact) mass is 416 g/mol. The molecule has 0 radical (unpaired) electrons. The summed E-state index contributed by atoms with van der Waals surface area (Å²) in [5, 5.41) is 7.96. The van der Waals surface area contributed by atoms with Gasteiger partial charge in [-0.1, -0.05) is 35.9 Å². The van der Waals surface area contributed by atoms with Crippen molar-refractivity contribution in [3.05, 3.63) is 69.5 Å². The predicted molar refractivity (Wildman–Crippen MR) is 113 cm³/mol. The highest BCUT2D eigenvalue weighted by Crippen LogP contribution is 2.25. The van der Waals surface area contributed by atoms with E-state index in [2.05, 4.69) is 17.5 Å². The number of carbonyl (C=O) groups excluding carboxylic acids is 1. The van der Waals surface area contributed by atoms with Crippen molar-refractivity contribution in [2.75, 3.05) is 14.1 Å². The number of benzene rings is 2. The van der Waals surface area contributed by atoms with Crippen LogP contribution in [0.25, 0.3) is 11.4 Å². The Labute approximate surface area is 174 Å². The highest BCUT2D eigenvalue weighted by molar-refractivity contribution is 7.71. The molecule has 2 N–H and O–H groups in total. The standard InChI is InChI=1S/C20H22ClN5OS/c1-22-19(27)15-10-8-14(9-11-15)12-24(2)13-26-20(28)25(3)18(23-26)16-6-4-5-7-17(16)21/h4-11H,12-13H2,1-3H3,(H,22,27)/p+1. The predicted octanol–water partition coefficient (Wildman–Crippen LogP) is 2.30. The van der Waals surface area contributed by atoms with E-state index >= 15 is 0 Å². The van der Waals surface area contributed by atoms with Gasteiger partial charge >= 0.3 is 0 Å². The average Bonchev–Trinajstić information content (AvgIpc) is 2.96. The summed E-state index contributed by atoms with van der Waals surface area (Å²) in [7, 11) is 5.61. The molecule has 0 aliphatic rings. The van der Waals surface area contributed by atoms with E-state index in [1.807, 2.05) is 64.8 Å². The van der Waals surface area contributed by atoms with E-state index in [-0.39, 0.29) is 5.91 Å². The fourth-order valence-corrected chi connectivity index (χ4v) is 3.46. The van der Waals surface area contributed by atoms with Crippen molar-refractivity contribution in [1.29, 1.82) is 0 Å². The van der Waals surface area contributed by atoms with Gasteiger partial charge in [-0.3, -0.25) is 4.79 Å². The van der Waals surface area contributed by atoms with Crippen molar-refractivity contribution in [2.45, 2.75) is 13.2 Å². The van der Waals surface area contributed by atoms with Gasteiger partial charge in [0.05, 0.1) is 12.1 Å². The number of quaternary nitrogens is 1. The largest absolute Gasteiger partial charge is 0.355 e. The number of halogens is 1. The number of carbonyl (C=O) groups is 1. The van der Waals surface area contributed by atoms with Crippen molar-refractivity contribution in [1.82, 2.24) is 19.7 Å². The molecule has 1 heterocycles.